The standard InChI is InChI=1S/C16H22S/c1-5-8-15(11-13(2)3)12-17-16-10-7-6-9-14(16)4/h6-11H,5,12H2,1-4H3/b15-8+. The molecule has 0 N–H and O–H groups in total. The van der Waals surface area contributed by atoms with E-state index in [0.29, 0.717) is 0 Å². The second-order valence-electron chi connectivity index (χ2n) is 4.46. The second kappa shape index (κ2) is 7.39. The molecule has 0 aliphatic heterocycles. The first-order valence-electron chi connectivity index (χ1n) is 6.16. The lowest BCUT2D eigenvalue weighted by atomic mass is 10.2. The summed E-state index contributed by atoms with van der Waals surface area (Å²) in [5, 5.41) is 0. The second-order valence-corrected chi connectivity index (χ2v) is 5.48. The van der Waals surface area contributed by atoms with E-state index < -0.39 is 0 Å². The van der Waals surface area contributed by atoms with Crippen LogP contribution in [0.4, 0.5) is 0 Å². The molecule has 0 saturated heterocycles. The van der Waals surface area contributed by atoms with Gasteiger partial charge in [0.05, 0.1) is 0 Å². The molecule has 0 aromatic heterocycles. The Hall–Kier alpha value is -0.950. The Morgan fingerprint density at radius 3 is 2.53 bits per heavy atom. The van der Waals surface area contributed by atoms with Gasteiger partial charge in [0.25, 0.3) is 0 Å². The van der Waals surface area contributed by atoms with E-state index in [4.69, 9.17) is 0 Å². The van der Waals surface area contributed by atoms with Crippen LogP contribution in [0.2, 0.25) is 0 Å². The normalized spacial score (nSPS) is 11.4. The Bertz CT molecular complexity index is 409. The highest BCUT2D eigenvalue weighted by Crippen LogP contribution is 2.24. The van der Waals surface area contributed by atoms with Gasteiger partial charge in [-0.15, -0.1) is 11.8 Å². The Kier molecular flexibility index (Phi) is 6.13. The summed E-state index contributed by atoms with van der Waals surface area (Å²) in [6.07, 6.45) is 5.71. The van der Waals surface area contributed by atoms with Crippen LogP contribution >= 0.6 is 11.8 Å². The van der Waals surface area contributed by atoms with Crippen molar-refractivity contribution in [3.63, 3.8) is 0 Å². The highest BCUT2D eigenvalue weighted by atomic mass is 32.2. The van der Waals surface area contributed by atoms with E-state index in [1.807, 2.05) is 11.8 Å². The number of rotatable bonds is 5. The van der Waals surface area contributed by atoms with Crippen LogP contribution in [0.15, 0.2) is 52.5 Å². The summed E-state index contributed by atoms with van der Waals surface area (Å²) in [7, 11) is 0. The average molecular weight is 246 g/mol. The Balaban J connectivity index is 2.68. The van der Waals surface area contributed by atoms with E-state index in [9.17, 15) is 0 Å². The van der Waals surface area contributed by atoms with Gasteiger partial charge in [0, 0.05) is 10.6 Å². The minimum absolute atomic E-state index is 1.06. The monoisotopic (exact) mass is 246 g/mol. The van der Waals surface area contributed by atoms with E-state index >= 15 is 0 Å². The minimum atomic E-state index is 1.06. The molecule has 0 radical (unpaired) electrons. The van der Waals surface area contributed by atoms with Crippen molar-refractivity contribution >= 4 is 11.8 Å². The van der Waals surface area contributed by atoms with Crippen LogP contribution in [0, 0.1) is 6.92 Å². The van der Waals surface area contributed by atoms with Crippen LogP contribution < -0.4 is 0 Å². The van der Waals surface area contributed by atoms with Gasteiger partial charge < -0.3 is 0 Å². The summed E-state index contributed by atoms with van der Waals surface area (Å²) < 4.78 is 0. The first-order chi connectivity index (χ1) is 8.13. The molecule has 0 bridgehead atoms. The molecule has 0 unspecified atom stereocenters. The summed E-state index contributed by atoms with van der Waals surface area (Å²) in [4.78, 5) is 1.39. The predicted molar refractivity (Wildman–Crippen MR) is 79.7 cm³/mol. The van der Waals surface area contributed by atoms with Gasteiger partial charge in [-0.3, -0.25) is 0 Å². The molecule has 1 rings (SSSR count). The van der Waals surface area contributed by atoms with Crippen molar-refractivity contribution in [1.29, 1.82) is 0 Å². The maximum Gasteiger partial charge on any atom is 0.0228 e. The fourth-order valence-electron chi connectivity index (χ4n) is 1.67. The number of allylic oxidation sites excluding steroid dienone is 3. The summed E-state index contributed by atoms with van der Waals surface area (Å²) in [6, 6.07) is 8.58. The first-order valence-corrected chi connectivity index (χ1v) is 7.14. The third kappa shape index (κ3) is 5.27. The molecule has 0 spiro atoms. The van der Waals surface area contributed by atoms with Gasteiger partial charge in [-0.25, -0.2) is 0 Å². The molecular weight excluding hydrogens is 224 g/mol. The SMILES string of the molecule is CC/C=C(\C=C(C)C)CSc1ccccc1C. The molecule has 1 aromatic carbocycles. The maximum absolute atomic E-state index is 2.32. The van der Waals surface area contributed by atoms with Gasteiger partial charge in [0.15, 0.2) is 0 Å². The highest BCUT2D eigenvalue weighted by Gasteiger charge is 1.99. The molecule has 0 amide bonds. The zero-order valence-electron chi connectivity index (χ0n) is 11.3. The van der Waals surface area contributed by atoms with E-state index in [0.717, 1.165) is 12.2 Å². The smallest absolute Gasteiger partial charge is 0.0228 e. The van der Waals surface area contributed by atoms with E-state index in [2.05, 4.69) is 64.1 Å². The predicted octanol–water partition coefficient (Wildman–Crippen LogP) is 5.39. The Labute approximate surface area is 110 Å². The fraction of sp³-hybridized carbons (Fsp3) is 0.375. The topological polar surface area (TPSA) is 0 Å². The molecule has 0 fully saturated rings. The van der Waals surface area contributed by atoms with Crippen LogP contribution in [0.1, 0.15) is 32.8 Å². The van der Waals surface area contributed by atoms with Crippen molar-refractivity contribution in [2.24, 2.45) is 0 Å². The molecule has 0 heterocycles. The molecule has 0 atom stereocenters. The average Bonchev–Trinajstić information content (AvgIpc) is 2.27. The largest absolute Gasteiger partial charge is 0.121 e. The molecule has 0 nitrogen and oxygen atoms in total. The van der Waals surface area contributed by atoms with E-state index in [1.165, 1.54) is 21.6 Å². The van der Waals surface area contributed by atoms with Crippen molar-refractivity contribution in [2.75, 3.05) is 5.75 Å². The lowest BCUT2D eigenvalue weighted by Gasteiger charge is -2.06. The molecule has 1 aromatic rings. The molecule has 0 aliphatic carbocycles. The van der Waals surface area contributed by atoms with Crippen molar-refractivity contribution in [1.82, 2.24) is 0 Å². The number of benzene rings is 1. The zero-order valence-corrected chi connectivity index (χ0v) is 12.1. The van der Waals surface area contributed by atoms with Gasteiger partial charge in [-0.2, -0.15) is 0 Å². The summed E-state index contributed by atoms with van der Waals surface area (Å²) in [5.74, 6) is 1.06. The molecule has 0 saturated carbocycles. The summed E-state index contributed by atoms with van der Waals surface area (Å²) in [6.45, 7) is 8.67. The maximum atomic E-state index is 2.32. The number of hydrogen-bond donors (Lipinski definition) is 0. The Morgan fingerprint density at radius 2 is 1.94 bits per heavy atom. The van der Waals surface area contributed by atoms with Crippen LogP contribution in [0.25, 0.3) is 0 Å². The van der Waals surface area contributed by atoms with Gasteiger partial charge in [-0.05, 0) is 44.4 Å². The lowest BCUT2D eigenvalue weighted by Crippen LogP contribution is -1.87. The third-order valence-corrected chi connectivity index (χ3v) is 3.68. The van der Waals surface area contributed by atoms with Crippen LogP contribution in [0.3, 0.4) is 0 Å². The van der Waals surface area contributed by atoms with E-state index in [-0.39, 0.29) is 0 Å². The van der Waals surface area contributed by atoms with E-state index in [1.54, 1.807) is 0 Å². The van der Waals surface area contributed by atoms with Crippen molar-refractivity contribution in [3.8, 4) is 0 Å². The van der Waals surface area contributed by atoms with Crippen molar-refractivity contribution < 1.29 is 0 Å². The van der Waals surface area contributed by atoms with Crippen LogP contribution in [-0.2, 0) is 0 Å². The molecule has 0 aliphatic rings. The van der Waals surface area contributed by atoms with Crippen LogP contribution in [-0.4, -0.2) is 5.75 Å². The van der Waals surface area contributed by atoms with Gasteiger partial charge in [-0.1, -0.05) is 42.8 Å². The molecule has 92 valence electrons. The number of hydrogen-bond acceptors (Lipinski definition) is 1. The molecule has 1 heteroatoms. The van der Waals surface area contributed by atoms with Gasteiger partial charge >= 0.3 is 0 Å². The number of aryl methyl sites for hydroxylation is 1. The quantitative estimate of drug-likeness (QED) is 0.496. The fourth-order valence-corrected chi connectivity index (χ4v) is 2.67. The highest BCUT2D eigenvalue weighted by molar-refractivity contribution is 7.99. The minimum Gasteiger partial charge on any atom is -0.121 e. The Morgan fingerprint density at radius 1 is 1.24 bits per heavy atom. The number of thioether (sulfide) groups is 1. The van der Waals surface area contributed by atoms with Gasteiger partial charge in [0.1, 0.15) is 0 Å². The first kappa shape index (κ1) is 14.1. The summed E-state index contributed by atoms with van der Waals surface area (Å²) >= 11 is 1.92. The van der Waals surface area contributed by atoms with Crippen LogP contribution in [0.5, 0.6) is 0 Å². The summed E-state index contributed by atoms with van der Waals surface area (Å²) in [5.41, 5.74) is 4.17. The van der Waals surface area contributed by atoms with Crippen molar-refractivity contribution in [3.05, 3.63) is 53.1 Å². The molecular formula is C16H22S. The third-order valence-electron chi connectivity index (χ3n) is 2.43. The zero-order chi connectivity index (χ0) is 12.7. The van der Waals surface area contributed by atoms with Crippen molar-refractivity contribution in [2.45, 2.75) is 39.0 Å². The van der Waals surface area contributed by atoms with Gasteiger partial charge in [0.2, 0.25) is 0 Å². The molecule has 17 heavy (non-hydrogen) atoms. The lowest BCUT2D eigenvalue weighted by molar-refractivity contribution is 1.19.